The lowest BCUT2D eigenvalue weighted by atomic mass is 9.91. The number of allylic oxidation sites excluding steroid dienone is 2. The van der Waals surface area contributed by atoms with Crippen LogP contribution in [0.1, 0.15) is 43.7 Å². The molecule has 0 aromatic carbocycles. The first-order valence-corrected chi connectivity index (χ1v) is 7.38. The number of hydrogen-bond donors (Lipinski definition) is 1. The molecule has 0 amide bonds. The Kier molecular flexibility index (Phi) is 4.48. The van der Waals surface area contributed by atoms with Crippen molar-refractivity contribution in [2.45, 2.75) is 39.5 Å². The van der Waals surface area contributed by atoms with E-state index in [1.165, 1.54) is 6.42 Å². The molecule has 0 aliphatic heterocycles. The van der Waals surface area contributed by atoms with Crippen LogP contribution in [0.2, 0.25) is 0 Å². The van der Waals surface area contributed by atoms with Crippen molar-refractivity contribution in [1.29, 1.82) is 0 Å². The van der Waals surface area contributed by atoms with Gasteiger partial charge in [-0.3, -0.25) is 4.79 Å². The van der Waals surface area contributed by atoms with Crippen molar-refractivity contribution >= 4 is 5.57 Å². The van der Waals surface area contributed by atoms with Crippen LogP contribution in [0.4, 0.5) is 0 Å². The number of aromatic amines is 1. The van der Waals surface area contributed by atoms with E-state index < -0.39 is 0 Å². The van der Waals surface area contributed by atoms with Crippen molar-refractivity contribution in [2.24, 2.45) is 0 Å². The molecule has 0 fully saturated rings. The van der Waals surface area contributed by atoms with Gasteiger partial charge in [-0.25, -0.2) is 0 Å². The van der Waals surface area contributed by atoms with Crippen LogP contribution in [-0.2, 0) is 12.8 Å². The molecule has 0 saturated heterocycles. The van der Waals surface area contributed by atoms with Gasteiger partial charge in [0.05, 0.1) is 0 Å². The number of hydrogen-bond acceptors (Lipinski definition) is 2. The number of aromatic nitrogens is 1. The molecule has 3 nitrogen and oxygen atoms in total. The number of nitrogens with zero attached hydrogens (tertiary/aromatic N) is 1. The van der Waals surface area contributed by atoms with Crippen molar-refractivity contribution < 1.29 is 1.43 Å². The van der Waals surface area contributed by atoms with E-state index in [2.05, 4.69) is 23.4 Å². The molecule has 0 saturated carbocycles. The first-order valence-electron chi connectivity index (χ1n) is 7.38. The molecule has 0 unspecified atom stereocenters. The smallest absolute Gasteiger partial charge is 0.193 e. The molecule has 1 aliphatic rings. The molecule has 1 aromatic rings. The van der Waals surface area contributed by atoms with Crippen molar-refractivity contribution in [3.8, 4) is 0 Å². The van der Waals surface area contributed by atoms with Gasteiger partial charge in [0.25, 0.3) is 0 Å². The van der Waals surface area contributed by atoms with Gasteiger partial charge in [0, 0.05) is 49.3 Å². The van der Waals surface area contributed by atoms with Crippen molar-refractivity contribution in [3.63, 3.8) is 0 Å². The Labute approximate surface area is 122 Å². The van der Waals surface area contributed by atoms with Crippen LogP contribution in [0.15, 0.2) is 23.6 Å². The van der Waals surface area contributed by atoms with Gasteiger partial charge in [-0.15, -0.1) is 0 Å². The van der Waals surface area contributed by atoms with Crippen LogP contribution >= 0.6 is 0 Å². The minimum atomic E-state index is 0. The topological polar surface area (TPSA) is 36.1 Å². The standard InChI is InChI=1S/C17H24N2O.H2/c1-5-13(11-19(4)6-2)16-12(3)18-15-10-8-7-9-14(15)17(16)20;/h5,11H,1,6-10H2,2-4H3,(H,18,20);1H/b13-11+;. The Morgan fingerprint density at radius 2 is 2.15 bits per heavy atom. The number of fused-ring (bicyclic) bond motifs is 1. The number of nitrogens with one attached hydrogen (secondary N) is 1. The maximum atomic E-state index is 12.8. The fourth-order valence-electron chi connectivity index (χ4n) is 2.80. The van der Waals surface area contributed by atoms with Gasteiger partial charge < -0.3 is 9.88 Å². The highest BCUT2D eigenvalue weighted by Crippen LogP contribution is 2.22. The summed E-state index contributed by atoms with van der Waals surface area (Å²) in [6.45, 7) is 8.84. The number of aryl methyl sites for hydroxylation is 2. The van der Waals surface area contributed by atoms with E-state index in [1.54, 1.807) is 6.08 Å². The van der Waals surface area contributed by atoms with Crippen LogP contribution in [0.3, 0.4) is 0 Å². The first-order chi connectivity index (χ1) is 9.58. The predicted molar refractivity (Wildman–Crippen MR) is 87.0 cm³/mol. The highest BCUT2D eigenvalue weighted by molar-refractivity contribution is 5.75. The number of pyridine rings is 1. The molecule has 0 radical (unpaired) electrons. The summed E-state index contributed by atoms with van der Waals surface area (Å²) in [5.41, 5.74) is 4.93. The van der Waals surface area contributed by atoms with Gasteiger partial charge in [-0.2, -0.15) is 0 Å². The second-order valence-electron chi connectivity index (χ2n) is 5.48. The van der Waals surface area contributed by atoms with Crippen LogP contribution in [-0.4, -0.2) is 23.5 Å². The summed E-state index contributed by atoms with van der Waals surface area (Å²) in [6.07, 6.45) is 7.95. The fourth-order valence-corrected chi connectivity index (χ4v) is 2.80. The summed E-state index contributed by atoms with van der Waals surface area (Å²) < 4.78 is 0. The summed E-state index contributed by atoms with van der Waals surface area (Å²) in [6, 6.07) is 0. The largest absolute Gasteiger partial charge is 0.380 e. The molecule has 1 aromatic heterocycles. The molecule has 3 heteroatoms. The zero-order valence-corrected chi connectivity index (χ0v) is 12.8. The summed E-state index contributed by atoms with van der Waals surface area (Å²) in [4.78, 5) is 18.3. The van der Waals surface area contributed by atoms with Gasteiger partial charge in [0.2, 0.25) is 0 Å². The third-order valence-electron chi connectivity index (χ3n) is 4.05. The molecular weight excluding hydrogens is 248 g/mol. The Balaban J connectivity index is 0.00000220. The predicted octanol–water partition coefficient (Wildman–Crippen LogP) is 3.29. The minimum Gasteiger partial charge on any atom is -0.380 e. The maximum Gasteiger partial charge on any atom is 0.193 e. The Morgan fingerprint density at radius 1 is 1.45 bits per heavy atom. The van der Waals surface area contributed by atoms with Gasteiger partial charge in [-0.05, 0) is 39.5 Å². The molecule has 2 rings (SSSR count). The van der Waals surface area contributed by atoms with Crippen LogP contribution in [0.5, 0.6) is 0 Å². The van der Waals surface area contributed by atoms with E-state index in [9.17, 15) is 4.79 Å². The molecule has 1 aliphatic carbocycles. The molecule has 1 N–H and O–H groups in total. The molecule has 1 heterocycles. The summed E-state index contributed by atoms with van der Waals surface area (Å²) in [5.74, 6) is 0. The maximum absolute atomic E-state index is 12.8. The molecular formula is C17H26N2O. The zero-order chi connectivity index (χ0) is 14.7. The lowest BCUT2D eigenvalue weighted by Gasteiger charge is -2.19. The molecule has 0 spiro atoms. The summed E-state index contributed by atoms with van der Waals surface area (Å²) in [5, 5.41) is 0. The highest BCUT2D eigenvalue weighted by Gasteiger charge is 2.19. The highest BCUT2D eigenvalue weighted by atomic mass is 16.1. The van der Waals surface area contributed by atoms with E-state index in [0.717, 1.165) is 53.9 Å². The third kappa shape index (κ3) is 2.72. The zero-order valence-electron chi connectivity index (χ0n) is 12.8. The summed E-state index contributed by atoms with van der Waals surface area (Å²) >= 11 is 0. The SMILES string of the molecule is C=C/C(=C\N(C)CC)c1c(C)[nH]c2c(c1=O)CCCC2.[HH]. The van der Waals surface area contributed by atoms with Crippen molar-refractivity contribution in [3.05, 3.63) is 51.6 Å². The van der Waals surface area contributed by atoms with Gasteiger partial charge in [-0.1, -0.05) is 12.7 Å². The Bertz CT molecular complexity index is 602. The number of H-pyrrole nitrogens is 1. The lowest BCUT2D eigenvalue weighted by molar-refractivity contribution is 0.486. The second-order valence-corrected chi connectivity index (χ2v) is 5.48. The van der Waals surface area contributed by atoms with Crippen LogP contribution in [0, 0.1) is 6.92 Å². The normalized spacial score (nSPS) is 14.8. The van der Waals surface area contributed by atoms with E-state index >= 15 is 0 Å². The quantitative estimate of drug-likeness (QED) is 0.855. The average molecular weight is 274 g/mol. The van der Waals surface area contributed by atoms with Gasteiger partial charge >= 0.3 is 0 Å². The van der Waals surface area contributed by atoms with E-state index in [4.69, 9.17) is 0 Å². The van der Waals surface area contributed by atoms with Gasteiger partial charge in [0.15, 0.2) is 5.43 Å². The van der Waals surface area contributed by atoms with Gasteiger partial charge in [0.1, 0.15) is 0 Å². The Morgan fingerprint density at radius 3 is 2.80 bits per heavy atom. The molecule has 20 heavy (non-hydrogen) atoms. The van der Waals surface area contributed by atoms with Crippen LogP contribution < -0.4 is 5.43 Å². The van der Waals surface area contributed by atoms with E-state index in [-0.39, 0.29) is 6.86 Å². The molecule has 110 valence electrons. The van der Waals surface area contributed by atoms with E-state index in [1.807, 2.05) is 20.2 Å². The fraction of sp³-hybridized carbons (Fsp3) is 0.471. The van der Waals surface area contributed by atoms with E-state index in [0.29, 0.717) is 0 Å². The third-order valence-corrected chi connectivity index (χ3v) is 4.05. The monoisotopic (exact) mass is 274 g/mol. The lowest BCUT2D eigenvalue weighted by Crippen LogP contribution is -2.23. The summed E-state index contributed by atoms with van der Waals surface area (Å²) in [7, 11) is 2.01. The first kappa shape index (κ1) is 14.6. The van der Waals surface area contributed by atoms with Crippen molar-refractivity contribution in [1.82, 2.24) is 9.88 Å². The second kappa shape index (κ2) is 6.12. The average Bonchev–Trinajstić information content (AvgIpc) is 2.45. The molecule has 0 atom stereocenters. The molecule has 0 bridgehead atoms. The van der Waals surface area contributed by atoms with Crippen molar-refractivity contribution in [2.75, 3.05) is 13.6 Å². The number of rotatable bonds is 4. The Hall–Kier alpha value is -1.77. The van der Waals surface area contributed by atoms with Crippen LogP contribution in [0.25, 0.3) is 5.57 Å². The minimum absolute atomic E-state index is 0.